The van der Waals surface area contributed by atoms with Gasteiger partial charge < -0.3 is 10.4 Å². The second-order valence-corrected chi connectivity index (χ2v) is 8.95. The summed E-state index contributed by atoms with van der Waals surface area (Å²) in [6.07, 6.45) is 3.85. The van der Waals surface area contributed by atoms with Crippen LogP contribution in [0.4, 0.5) is 19.1 Å². The summed E-state index contributed by atoms with van der Waals surface area (Å²) in [5, 5.41) is 21.0. The van der Waals surface area contributed by atoms with E-state index in [9.17, 15) is 26.7 Å². The Morgan fingerprint density at radius 3 is 2.73 bits per heavy atom. The van der Waals surface area contributed by atoms with Gasteiger partial charge in [-0.05, 0) is 6.42 Å². The van der Waals surface area contributed by atoms with E-state index >= 15 is 0 Å². The third kappa shape index (κ3) is 3.85. The van der Waals surface area contributed by atoms with Gasteiger partial charge in [-0.15, -0.1) is 5.10 Å². The summed E-state index contributed by atoms with van der Waals surface area (Å²) in [6, 6.07) is 0.617. The van der Waals surface area contributed by atoms with Crippen LogP contribution >= 0.6 is 0 Å². The van der Waals surface area contributed by atoms with Gasteiger partial charge in [-0.25, -0.2) is 27.0 Å². The van der Waals surface area contributed by atoms with Crippen LogP contribution in [0.15, 0.2) is 24.7 Å². The maximum Gasteiger partial charge on any atom is 0.333 e. The predicted molar refractivity (Wildman–Crippen MR) is 99.9 cm³/mol. The zero-order valence-electron chi connectivity index (χ0n) is 15.7. The van der Waals surface area contributed by atoms with Gasteiger partial charge >= 0.3 is 6.55 Å². The number of halogens is 3. The molecule has 0 saturated carbocycles. The van der Waals surface area contributed by atoms with Gasteiger partial charge in [0.15, 0.2) is 5.82 Å². The van der Waals surface area contributed by atoms with Crippen LogP contribution < -0.4 is 5.32 Å². The molecule has 30 heavy (non-hydrogen) atoms. The molecular formula is C16H18F3N7O3S. The first kappa shape index (κ1) is 20.6. The number of β-amino-alcohol motifs (C(OH)–C–C–N with tert-alkyl or cyclic N) is 1. The fourth-order valence-corrected chi connectivity index (χ4v) is 4.20. The number of aliphatic hydroxyl groups excluding tert-OH is 1. The summed E-state index contributed by atoms with van der Waals surface area (Å²) in [6.45, 7) is -2.69. The number of anilines is 1. The zero-order valence-corrected chi connectivity index (χ0v) is 16.5. The molecule has 2 N–H and O–H groups in total. The van der Waals surface area contributed by atoms with Crippen LogP contribution in [0, 0.1) is 5.82 Å². The molecule has 4 heterocycles. The van der Waals surface area contributed by atoms with Crippen LogP contribution in [-0.2, 0) is 10.0 Å². The molecule has 1 aliphatic rings. The van der Waals surface area contributed by atoms with Crippen molar-refractivity contribution < 1.29 is 26.7 Å². The number of fused-ring (bicyclic) bond motifs is 1. The van der Waals surface area contributed by atoms with Crippen molar-refractivity contribution in [2.24, 2.45) is 0 Å². The molecule has 1 saturated heterocycles. The minimum atomic E-state index is -3.41. The fourth-order valence-electron chi connectivity index (χ4n) is 3.34. The summed E-state index contributed by atoms with van der Waals surface area (Å²) in [7, 11) is -3.41. The Kier molecular flexibility index (Phi) is 5.15. The largest absolute Gasteiger partial charge is 0.390 e. The lowest BCUT2D eigenvalue weighted by Gasteiger charge is -2.34. The summed E-state index contributed by atoms with van der Waals surface area (Å²) in [5.74, 6) is -0.569. The van der Waals surface area contributed by atoms with Crippen LogP contribution in [0.1, 0.15) is 13.0 Å². The number of aliphatic hydroxyl groups is 1. The Balaban J connectivity index is 1.60. The number of hydrogen-bond donors (Lipinski definition) is 2. The lowest BCUT2D eigenvalue weighted by atomic mass is 10.0. The first-order valence-electron chi connectivity index (χ1n) is 8.90. The van der Waals surface area contributed by atoms with Crippen molar-refractivity contribution in [3.63, 3.8) is 0 Å². The van der Waals surface area contributed by atoms with Crippen LogP contribution in [0.25, 0.3) is 16.8 Å². The number of aromatic nitrogens is 5. The van der Waals surface area contributed by atoms with E-state index in [1.807, 2.05) is 0 Å². The molecule has 0 unspecified atom stereocenters. The third-order valence-corrected chi connectivity index (χ3v) is 6.16. The minimum absolute atomic E-state index is 0.0350. The monoisotopic (exact) mass is 445 g/mol. The number of nitrogens with zero attached hydrogens (tertiary/aromatic N) is 6. The molecule has 14 heteroatoms. The third-order valence-electron chi connectivity index (χ3n) is 4.89. The quantitative estimate of drug-likeness (QED) is 0.600. The van der Waals surface area contributed by atoms with Crippen molar-refractivity contribution >= 4 is 21.5 Å². The Morgan fingerprint density at radius 1 is 1.33 bits per heavy atom. The molecule has 2 atom stereocenters. The predicted octanol–water partition coefficient (Wildman–Crippen LogP) is 0.934. The lowest BCUT2D eigenvalue weighted by molar-refractivity contribution is 0.0566. The molecule has 0 amide bonds. The second-order valence-electron chi connectivity index (χ2n) is 6.97. The molecule has 4 rings (SSSR count). The highest BCUT2D eigenvalue weighted by atomic mass is 32.2. The summed E-state index contributed by atoms with van der Waals surface area (Å²) in [4.78, 5) is 4.04. The summed E-state index contributed by atoms with van der Waals surface area (Å²) < 4.78 is 66.0. The highest BCUT2D eigenvalue weighted by molar-refractivity contribution is 7.88. The average molecular weight is 445 g/mol. The number of hydrogen-bond acceptors (Lipinski definition) is 7. The number of nitrogens with one attached hydrogen (secondary N) is 1. The maximum absolute atomic E-state index is 14.3. The topological polar surface area (TPSA) is 118 Å². The normalized spacial score (nSPS) is 20.9. The van der Waals surface area contributed by atoms with E-state index in [0.717, 1.165) is 18.5 Å². The van der Waals surface area contributed by atoms with Crippen molar-refractivity contribution in [2.75, 3.05) is 24.7 Å². The van der Waals surface area contributed by atoms with E-state index in [4.69, 9.17) is 0 Å². The number of rotatable bonds is 5. The lowest BCUT2D eigenvalue weighted by Crippen LogP contribution is -2.51. The Hall–Kier alpha value is -2.71. The van der Waals surface area contributed by atoms with Crippen molar-refractivity contribution in [1.82, 2.24) is 28.7 Å². The van der Waals surface area contributed by atoms with Gasteiger partial charge in [0.2, 0.25) is 16.0 Å². The van der Waals surface area contributed by atoms with Gasteiger partial charge in [0.25, 0.3) is 0 Å². The molecule has 162 valence electrons. The molecule has 0 aliphatic carbocycles. The first-order valence-corrected chi connectivity index (χ1v) is 10.7. The molecular weight excluding hydrogens is 427 g/mol. The van der Waals surface area contributed by atoms with E-state index in [-0.39, 0.29) is 35.8 Å². The van der Waals surface area contributed by atoms with Crippen LogP contribution in [0.3, 0.4) is 0 Å². The van der Waals surface area contributed by atoms with E-state index in [2.05, 4.69) is 20.5 Å². The van der Waals surface area contributed by atoms with Crippen molar-refractivity contribution in [3.05, 3.63) is 30.5 Å². The van der Waals surface area contributed by atoms with Crippen molar-refractivity contribution in [2.45, 2.75) is 25.1 Å². The molecule has 0 radical (unpaired) electrons. The highest BCUT2D eigenvalue weighted by Crippen LogP contribution is 2.26. The van der Waals surface area contributed by atoms with E-state index < -0.39 is 34.5 Å². The number of piperidine rings is 1. The number of alkyl halides is 2. The molecule has 10 nitrogen and oxygen atoms in total. The van der Waals surface area contributed by atoms with E-state index in [1.165, 1.54) is 21.2 Å². The second kappa shape index (κ2) is 7.52. The van der Waals surface area contributed by atoms with Crippen molar-refractivity contribution in [3.8, 4) is 11.3 Å². The average Bonchev–Trinajstić information content (AvgIpc) is 3.28. The van der Waals surface area contributed by atoms with Gasteiger partial charge in [0.1, 0.15) is 5.52 Å². The van der Waals surface area contributed by atoms with Crippen LogP contribution in [-0.4, -0.2) is 73.7 Å². The van der Waals surface area contributed by atoms with E-state index in [0.29, 0.717) is 11.1 Å². The molecule has 1 fully saturated rings. The molecule has 0 aromatic carbocycles. The van der Waals surface area contributed by atoms with Crippen LogP contribution in [0.5, 0.6) is 0 Å². The number of sulfonamides is 1. The van der Waals surface area contributed by atoms with Gasteiger partial charge in [-0.1, -0.05) is 0 Å². The van der Waals surface area contributed by atoms with Gasteiger partial charge in [-0.2, -0.15) is 18.2 Å². The van der Waals surface area contributed by atoms with Crippen LogP contribution in [0.2, 0.25) is 0 Å². The molecule has 3 aromatic rings. The molecule has 1 aliphatic heterocycles. The summed E-state index contributed by atoms with van der Waals surface area (Å²) >= 11 is 0. The zero-order chi connectivity index (χ0) is 21.6. The summed E-state index contributed by atoms with van der Waals surface area (Å²) in [5.41, 5.74) is 0.473. The molecule has 3 aromatic heterocycles. The standard InChI is InChI=1S/C16H18F3N7O3S/c1-30(28,29)24-3-2-11(14(27)8-24)22-16-20-6-13-10(17)4-12(26(13)23-16)9-5-21-25(7-9)15(18)19/h4-7,11,14-15,27H,2-3,8H2,1H3,(H,22,23)/t11-,14-/m1/s1. The maximum atomic E-state index is 14.3. The SMILES string of the molecule is CS(=O)(=O)N1CC[C@@H](Nc2ncc3c(F)cc(-c4cnn(C(F)F)c4)n3n2)[C@H](O)C1. The highest BCUT2D eigenvalue weighted by Gasteiger charge is 2.32. The van der Waals surface area contributed by atoms with Gasteiger partial charge in [0, 0.05) is 30.9 Å². The van der Waals surface area contributed by atoms with Crippen molar-refractivity contribution in [1.29, 1.82) is 0 Å². The molecule has 0 bridgehead atoms. The van der Waals surface area contributed by atoms with Gasteiger partial charge in [0.05, 0.1) is 36.5 Å². The van der Waals surface area contributed by atoms with Gasteiger partial charge in [-0.3, -0.25) is 0 Å². The fraction of sp³-hybridized carbons (Fsp3) is 0.438. The first-order chi connectivity index (χ1) is 14.1. The minimum Gasteiger partial charge on any atom is -0.390 e. The smallest absolute Gasteiger partial charge is 0.333 e. The Morgan fingerprint density at radius 2 is 2.10 bits per heavy atom. The Labute approximate surface area is 169 Å². The Bertz CT molecular complexity index is 1180. The van der Waals surface area contributed by atoms with E-state index in [1.54, 1.807) is 0 Å². The molecule has 0 spiro atoms.